The third kappa shape index (κ3) is 3.62. The van der Waals surface area contributed by atoms with Crippen LogP contribution in [0.25, 0.3) is 0 Å². The predicted molar refractivity (Wildman–Crippen MR) is 58.1 cm³/mol. The van der Waals surface area contributed by atoms with Gasteiger partial charge in [-0.05, 0) is 30.7 Å². The van der Waals surface area contributed by atoms with E-state index >= 15 is 0 Å². The molecule has 2 N–H and O–H groups in total. The van der Waals surface area contributed by atoms with Crippen LogP contribution in [0.1, 0.15) is 12.5 Å². The van der Waals surface area contributed by atoms with Gasteiger partial charge in [0.15, 0.2) is 5.78 Å². The van der Waals surface area contributed by atoms with Crippen molar-refractivity contribution in [2.45, 2.75) is 13.3 Å². The average molecular weight is 210 g/mol. The summed E-state index contributed by atoms with van der Waals surface area (Å²) in [5.74, 6) is -0.00716. The predicted octanol–water partition coefficient (Wildman–Crippen LogP) is 2.31. The van der Waals surface area contributed by atoms with Gasteiger partial charge in [-0.3, -0.25) is 4.79 Å². The van der Waals surface area contributed by atoms with Crippen molar-refractivity contribution in [3.8, 4) is 0 Å². The number of rotatable bonds is 3. The van der Waals surface area contributed by atoms with Crippen LogP contribution in [0.4, 0.5) is 0 Å². The molecule has 0 bridgehead atoms. The highest BCUT2D eigenvalue weighted by molar-refractivity contribution is 6.30. The molecule has 1 rings (SSSR count). The van der Waals surface area contributed by atoms with Crippen molar-refractivity contribution in [3.63, 3.8) is 0 Å². The summed E-state index contributed by atoms with van der Waals surface area (Å²) < 4.78 is 0. The number of allylic oxidation sites excluding steroid dienone is 2. The Labute approximate surface area is 88.4 Å². The van der Waals surface area contributed by atoms with Gasteiger partial charge in [0.1, 0.15) is 0 Å². The minimum atomic E-state index is -0.00716. The van der Waals surface area contributed by atoms with Gasteiger partial charge in [0.25, 0.3) is 0 Å². The lowest BCUT2D eigenvalue weighted by molar-refractivity contribution is -0.114. The van der Waals surface area contributed by atoms with Gasteiger partial charge in [-0.15, -0.1) is 0 Å². The summed E-state index contributed by atoms with van der Waals surface area (Å²) in [7, 11) is 0. The van der Waals surface area contributed by atoms with Gasteiger partial charge in [-0.2, -0.15) is 0 Å². The van der Waals surface area contributed by atoms with Gasteiger partial charge in [-0.25, -0.2) is 0 Å². The zero-order chi connectivity index (χ0) is 10.6. The SMILES string of the molecule is C/C(N)=C/C(=O)Cc1cccc(Cl)c1. The van der Waals surface area contributed by atoms with Crippen LogP contribution in [0.5, 0.6) is 0 Å². The van der Waals surface area contributed by atoms with Crippen LogP contribution >= 0.6 is 11.6 Å². The Balaban J connectivity index is 2.70. The van der Waals surface area contributed by atoms with Gasteiger partial charge < -0.3 is 5.73 Å². The minimum Gasteiger partial charge on any atom is -0.402 e. The Morgan fingerprint density at radius 1 is 1.57 bits per heavy atom. The van der Waals surface area contributed by atoms with Crippen LogP contribution < -0.4 is 5.73 Å². The molecule has 0 aliphatic rings. The van der Waals surface area contributed by atoms with E-state index in [1.807, 2.05) is 12.1 Å². The van der Waals surface area contributed by atoms with E-state index in [0.29, 0.717) is 17.1 Å². The van der Waals surface area contributed by atoms with Crippen LogP contribution in [0.3, 0.4) is 0 Å². The second-order valence-corrected chi connectivity index (χ2v) is 3.60. The molecule has 0 aromatic heterocycles. The van der Waals surface area contributed by atoms with E-state index in [0.717, 1.165) is 5.56 Å². The van der Waals surface area contributed by atoms with Gasteiger partial charge in [0.2, 0.25) is 0 Å². The van der Waals surface area contributed by atoms with Gasteiger partial charge in [-0.1, -0.05) is 23.7 Å². The second kappa shape index (κ2) is 4.82. The molecule has 0 fully saturated rings. The number of halogens is 1. The van der Waals surface area contributed by atoms with E-state index in [9.17, 15) is 4.79 Å². The minimum absolute atomic E-state index is 0.00716. The number of carbonyl (C=O) groups is 1. The molecule has 0 heterocycles. The van der Waals surface area contributed by atoms with E-state index in [2.05, 4.69) is 0 Å². The van der Waals surface area contributed by atoms with Gasteiger partial charge in [0, 0.05) is 17.1 Å². The maximum atomic E-state index is 11.3. The van der Waals surface area contributed by atoms with E-state index in [1.165, 1.54) is 6.08 Å². The Hall–Kier alpha value is -1.28. The van der Waals surface area contributed by atoms with Crippen molar-refractivity contribution in [1.82, 2.24) is 0 Å². The highest BCUT2D eigenvalue weighted by atomic mass is 35.5. The van der Waals surface area contributed by atoms with E-state index in [1.54, 1.807) is 19.1 Å². The molecule has 0 radical (unpaired) electrons. The number of nitrogens with two attached hydrogens (primary N) is 1. The fraction of sp³-hybridized carbons (Fsp3) is 0.182. The summed E-state index contributed by atoms with van der Waals surface area (Å²) in [6.45, 7) is 1.69. The van der Waals surface area contributed by atoms with Crippen molar-refractivity contribution in [3.05, 3.63) is 46.6 Å². The number of benzene rings is 1. The van der Waals surface area contributed by atoms with E-state index in [-0.39, 0.29) is 5.78 Å². The molecular weight excluding hydrogens is 198 g/mol. The first-order valence-electron chi connectivity index (χ1n) is 4.29. The lowest BCUT2D eigenvalue weighted by atomic mass is 10.1. The molecule has 0 saturated heterocycles. The molecule has 14 heavy (non-hydrogen) atoms. The molecule has 3 heteroatoms. The Kier molecular flexibility index (Phi) is 3.72. The average Bonchev–Trinajstić information content (AvgIpc) is 2.01. The molecule has 0 amide bonds. The van der Waals surface area contributed by atoms with Crippen LogP contribution in [0, 0.1) is 0 Å². The molecule has 1 aromatic carbocycles. The summed E-state index contributed by atoms with van der Waals surface area (Å²) in [5, 5.41) is 0.642. The zero-order valence-electron chi connectivity index (χ0n) is 7.96. The van der Waals surface area contributed by atoms with Crippen molar-refractivity contribution in [2.75, 3.05) is 0 Å². The quantitative estimate of drug-likeness (QED) is 0.777. The third-order valence-electron chi connectivity index (χ3n) is 1.66. The summed E-state index contributed by atoms with van der Waals surface area (Å²) in [5.41, 5.74) is 6.82. The van der Waals surface area contributed by atoms with Crippen molar-refractivity contribution >= 4 is 17.4 Å². The van der Waals surface area contributed by atoms with Gasteiger partial charge >= 0.3 is 0 Å². The summed E-state index contributed by atoms with van der Waals surface area (Å²) in [6.07, 6.45) is 1.77. The van der Waals surface area contributed by atoms with E-state index < -0.39 is 0 Å². The lowest BCUT2D eigenvalue weighted by Crippen LogP contribution is -2.02. The zero-order valence-corrected chi connectivity index (χ0v) is 8.71. The van der Waals surface area contributed by atoms with Crippen molar-refractivity contribution in [1.29, 1.82) is 0 Å². The fourth-order valence-electron chi connectivity index (χ4n) is 1.15. The maximum Gasteiger partial charge on any atom is 0.161 e. The first-order chi connectivity index (χ1) is 6.58. The Morgan fingerprint density at radius 3 is 2.86 bits per heavy atom. The highest BCUT2D eigenvalue weighted by Gasteiger charge is 2.00. The molecule has 1 aromatic rings. The molecule has 0 spiro atoms. The molecule has 0 aliphatic carbocycles. The number of hydrogen-bond acceptors (Lipinski definition) is 2. The standard InChI is InChI=1S/C11H12ClNO/c1-8(13)5-11(14)7-9-3-2-4-10(12)6-9/h2-6H,7,13H2,1H3/b8-5-. The Morgan fingerprint density at radius 2 is 2.29 bits per heavy atom. The van der Waals surface area contributed by atoms with Crippen LogP contribution in [-0.4, -0.2) is 5.78 Å². The van der Waals surface area contributed by atoms with Crippen LogP contribution in [-0.2, 0) is 11.2 Å². The highest BCUT2D eigenvalue weighted by Crippen LogP contribution is 2.11. The summed E-state index contributed by atoms with van der Waals surface area (Å²) in [6, 6.07) is 7.24. The largest absolute Gasteiger partial charge is 0.402 e. The fourth-order valence-corrected chi connectivity index (χ4v) is 1.37. The maximum absolute atomic E-state index is 11.3. The Bertz CT molecular complexity index is 367. The molecule has 74 valence electrons. The van der Waals surface area contributed by atoms with Crippen LogP contribution in [0.2, 0.25) is 5.02 Å². The molecule has 2 nitrogen and oxygen atoms in total. The molecule has 0 atom stereocenters. The van der Waals surface area contributed by atoms with Crippen LogP contribution in [0.15, 0.2) is 36.0 Å². The summed E-state index contributed by atoms with van der Waals surface area (Å²) >= 11 is 5.78. The lowest BCUT2D eigenvalue weighted by Gasteiger charge is -1.98. The summed E-state index contributed by atoms with van der Waals surface area (Å²) in [4.78, 5) is 11.3. The number of carbonyl (C=O) groups excluding carboxylic acids is 1. The third-order valence-corrected chi connectivity index (χ3v) is 1.89. The molecule has 0 aliphatic heterocycles. The first-order valence-corrected chi connectivity index (χ1v) is 4.67. The molecular formula is C11H12ClNO. The topological polar surface area (TPSA) is 43.1 Å². The first kappa shape index (κ1) is 10.8. The normalized spacial score (nSPS) is 11.4. The number of ketones is 1. The van der Waals surface area contributed by atoms with E-state index in [4.69, 9.17) is 17.3 Å². The molecule has 0 unspecified atom stereocenters. The second-order valence-electron chi connectivity index (χ2n) is 3.16. The smallest absolute Gasteiger partial charge is 0.161 e. The van der Waals surface area contributed by atoms with Gasteiger partial charge in [0.05, 0.1) is 0 Å². The monoisotopic (exact) mass is 209 g/mol. The number of hydrogen-bond donors (Lipinski definition) is 1. The molecule has 0 saturated carbocycles. The van der Waals surface area contributed by atoms with Crippen molar-refractivity contribution in [2.24, 2.45) is 5.73 Å². The van der Waals surface area contributed by atoms with Crippen molar-refractivity contribution < 1.29 is 4.79 Å².